The number of carbonyl (C=O) groups excluding carboxylic acids is 1. The van der Waals surface area contributed by atoms with E-state index in [2.05, 4.69) is 39.4 Å². The lowest BCUT2D eigenvalue weighted by Gasteiger charge is -2.26. The van der Waals surface area contributed by atoms with E-state index in [0.717, 1.165) is 11.3 Å². The Labute approximate surface area is 161 Å². The number of benzene rings is 2. The minimum atomic E-state index is -0.146. The summed E-state index contributed by atoms with van der Waals surface area (Å²) < 4.78 is 10.5. The first-order chi connectivity index (χ1) is 12.9. The number of anilines is 1. The summed E-state index contributed by atoms with van der Waals surface area (Å²) in [6.07, 6.45) is 0. The number of carbonyl (C=O) groups is 1. The number of likely N-dealkylation sites (N-methyl/N-ethyl adjacent to an activating group) is 1. The maximum atomic E-state index is 12.6. The summed E-state index contributed by atoms with van der Waals surface area (Å²) in [5, 5.41) is 3.02. The van der Waals surface area contributed by atoms with Crippen molar-refractivity contribution in [3.63, 3.8) is 0 Å². The number of nitrogens with one attached hydrogen (secondary N) is 1. The Morgan fingerprint density at radius 1 is 0.963 bits per heavy atom. The van der Waals surface area contributed by atoms with E-state index < -0.39 is 0 Å². The molecule has 0 aromatic heterocycles. The molecule has 1 atom stereocenters. The van der Waals surface area contributed by atoms with Crippen LogP contribution in [0.25, 0.3) is 0 Å². The summed E-state index contributed by atoms with van der Waals surface area (Å²) >= 11 is 0. The van der Waals surface area contributed by atoms with Gasteiger partial charge in [-0.2, -0.15) is 0 Å². The van der Waals surface area contributed by atoms with E-state index in [9.17, 15) is 4.79 Å². The van der Waals surface area contributed by atoms with Gasteiger partial charge >= 0.3 is 0 Å². The minimum Gasteiger partial charge on any atom is -0.493 e. The molecule has 2 aromatic carbocycles. The highest BCUT2D eigenvalue weighted by Gasteiger charge is 2.17. The third-order valence-corrected chi connectivity index (χ3v) is 4.52. The Morgan fingerprint density at radius 2 is 1.59 bits per heavy atom. The fraction of sp³-hybridized carbons (Fsp3) is 0.381. The van der Waals surface area contributed by atoms with Crippen molar-refractivity contribution < 1.29 is 14.3 Å². The molecule has 6 nitrogen and oxygen atoms in total. The van der Waals surface area contributed by atoms with Gasteiger partial charge in [-0.3, -0.25) is 4.79 Å². The van der Waals surface area contributed by atoms with Crippen LogP contribution >= 0.6 is 0 Å². The van der Waals surface area contributed by atoms with Gasteiger partial charge in [-0.15, -0.1) is 0 Å². The highest BCUT2D eigenvalue weighted by Crippen LogP contribution is 2.27. The fourth-order valence-corrected chi connectivity index (χ4v) is 2.86. The lowest BCUT2D eigenvalue weighted by atomic mass is 10.0. The largest absolute Gasteiger partial charge is 0.493 e. The Bertz CT molecular complexity index is 758. The molecule has 2 aromatic rings. The molecule has 0 bridgehead atoms. The zero-order valence-electron chi connectivity index (χ0n) is 16.9. The highest BCUT2D eigenvalue weighted by atomic mass is 16.5. The maximum absolute atomic E-state index is 12.6. The van der Waals surface area contributed by atoms with Crippen molar-refractivity contribution in [2.24, 2.45) is 0 Å². The molecule has 0 fully saturated rings. The summed E-state index contributed by atoms with van der Waals surface area (Å²) in [4.78, 5) is 16.7. The summed E-state index contributed by atoms with van der Waals surface area (Å²) in [5.41, 5.74) is 2.83. The third-order valence-electron chi connectivity index (χ3n) is 4.52. The monoisotopic (exact) mass is 371 g/mol. The molecule has 0 saturated heterocycles. The zero-order chi connectivity index (χ0) is 20.0. The van der Waals surface area contributed by atoms with Crippen LogP contribution in [0.4, 0.5) is 5.69 Å². The van der Waals surface area contributed by atoms with Crippen molar-refractivity contribution in [1.82, 2.24) is 10.2 Å². The van der Waals surface area contributed by atoms with Gasteiger partial charge in [0.15, 0.2) is 11.5 Å². The van der Waals surface area contributed by atoms with Crippen LogP contribution in [-0.4, -0.2) is 59.8 Å². The topological polar surface area (TPSA) is 54.0 Å². The lowest BCUT2D eigenvalue weighted by Crippen LogP contribution is -2.34. The molecule has 2 rings (SSSR count). The second-order valence-corrected chi connectivity index (χ2v) is 6.75. The molecule has 0 unspecified atom stereocenters. The Morgan fingerprint density at radius 3 is 2.11 bits per heavy atom. The fourth-order valence-electron chi connectivity index (χ4n) is 2.86. The number of hydrogen-bond acceptors (Lipinski definition) is 5. The number of amides is 1. The van der Waals surface area contributed by atoms with Crippen LogP contribution in [-0.2, 0) is 0 Å². The molecular weight excluding hydrogens is 342 g/mol. The van der Waals surface area contributed by atoms with Gasteiger partial charge in [-0.1, -0.05) is 12.1 Å². The van der Waals surface area contributed by atoms with Gasteiger partial charge in [-0.05, 0) is 50.0 Å². The van der Waals surface area contributed by atoms with Crippen LogP contribution in [0.15, 0.2) is 42.5 Å². The Kier molecular flexibility index (Phi) is 7.07. The number of rotatable bonds is 8. The number of nitrogens with zero attached hydrogens (tertiary/aromatic N) is 2. The van der Waals surface area contributed by atoms with E-state index in [4.69, 9.17) is 9.47 Å². The van der Waals surface area contributed by atoms with Crippen LogP contribution in [0.2, 0.25) is 0 Å². The molecule has 6 heteroatoms. The molecule has 0 aliphatic rings. The molecule has 0 heterocycles. The molecule has 1 amide bonds. The van der Waals surface area contributed by atoms with Gasteiger partial charge in [0.05, 0.1) is 20.3 Å². The summed E-state index contributed by atoms with van der Waals surface area (Å²) in [7, 11) is 11.2. The first-order valence-corrected chi connectivity index (χ1v) is 8.81. The summed E-state index contributed by atoms with van der Waals surface area (Å²) in [6.45, 7) is 0.501. The van der Waals surface area contributed by atoms with Crippen LogP contribution in [0.3, 0.4) is 0 Å². The standard InChI is InChI=1S/C21H29N3O3/c1-23(2)17-10-7-15(8-11-17)18(24(3)4)14-22-21(25)16-9-12-19(26-5)20(13-16)27-6/h7-13,18H,14H2,1-6H3,(H,22,25)/t18-/m0/s1. The minimum absolute atomic E-state index is 0.0744. The van der Waals surface area contributed by atoms with E-state index in [1.807, 2.05) is 28.2 Å². The Balaban J connectivity index is 2.10. The average molecular weight is 371 g/mol. The molecule has 0 aliphatic carbocycles. The van der Waals surface area contributed by atoms with E-state index >= 15 is 0 Å². The molecule has 146 valence electrons. The van der Waals surface area contributed by atoms with E-state index in [1.165, 1.54) is 0 Å². The normalized spacial score (nSPS) is 11.8. The molecule has 0 radical (unpaired) electrons. The summed E-state index contributed by atoms with van der Waals surface area (Å²) in [6, 6.07) is 13.6. The quantitative estimate of drug-likeness (QED) is 0.773. The van der Waals surface area contributed by atoms with E-state index in [-0.39, 0.29) is 11.9 Å². The van der Waals surface area contributed by atoms with Crippen LogP contribution in [0.1, 0.15) is 22.0 Å². The average Bonchev–Trinajstić information content (AvgIpc) is 2.67. The van der Waals surface area contributed by atoms with Gasteiger partial charge < -0.3 is 24.6 Å². The first kappa shape index (κ1) is 20.6. The van der Waals surface area contributed by atoms with Crippen molar-refractivity contribution >= 4 is 11.6 Å². The predicted molar refractivity (Wildman–Crippen MR) is 109 cm³/mol. The molecular formula is C21H29N3O3. The van der Waals surface area contributed by atoms with Crippen molar-refractivity contribution in [3.8, 4) is 11.5 Å². The van der Waals surface area contributed by atoms with Gasteiger partial charge in [0.2, 0.25) is 0 Å². The molecule has 0 aliphatic heterocycles. The van der Waals surface area contributed by atoms with Crippen LogP contribution in [0.5, 0.6) is 11.5 Å². The van der Waals surface area contributed by atoms with Crippen molar-refractivity contribution in [1.29, 1.82) is 0 Å². The molecule has 27 heavy (non-hydrogen) atoms. The second kappa shape index (κ2) is 9.28. The first-order valence-electron chi connectivity index (χ1n) is 8.81. The van der Waals surface area contributed by atoms with Gasteiger partial charge in [0.1, 0.15) is 0 Å². The molecule has 0 spiro atoms. The maximum Gasteiger partial charge on any atom is 0.251 e. The predicted octanol–water partition coefficient (Wildman–Crippen LogP) is 2.80. The Hall–Kier alpha value is -2.73. The van der Waals surface area contributed by atoms with E-state index in [0.29, 0.717) is 23.6 Å². The number of hydrogen-bond donors (Lipinski definition) is 1. The van der Waals surface area contributed by atoms with Gasteiger partial charge in [0.25, 0.3) is 5.91 Å². The number of methoxy groups -OCH3 is 2. The number of ether oxygens (including phenoxy) is 2. The zero-order valence-corrected chi connectivity index (χ0v) is 16.9. The van der Waals surface area contributed by atoms with Gasteiger partial charge in [-0.25, -0.2) is 0 Å². The smallest absolute Gasteiger partial charge is 0.251 e. The van der Waals surface area contributed by atoms with Gasteiger partial charge in [0, 0.05) is 31.9 Å². The summed E-state index contributed by atoms with van der Waals surface area (Å²) in [5.74, 6) is 0.988. The molecule has 0 saturated carbocycles. The van der Waals surface area contributed by atoms with Crippen LogP contribution in [0, 0.1) is 0 Å². The van der Waals surface area contributed by atoms with Crippen molar-refractivity contribution in [3.05, 3.63) is 53.6 Å². The third kappa shape index (κ3) is 5.14. The lowest BCUT2D eigenvalue weighted by molar-refractivity contribution is 0.0941. The molecule has 1 N–H and O–H groups in total. The van der Waals surface area contributed by atoms with E-state index in [1.54, 1.807) is 32.4 Å². The van der Waals surface area contributed by atoms with Crippen LogP contribution < -0.4 is 19.7 Å². The van der Waals surface area contributed by atoms with Crippen molar-refractivity contribution in [2.45, 2.75) is 6.04 Å². The van der Waals surface area contributed by atoms with Crippen molar-refractivity contribution in [2.75, 3.05) is 53.9 Å². The highest BCUT2D eigenvalue weighted by molar-refractivity contribution is 5.94. The SMILES string of the molecule is COc1ccc(C(=O)NC[C@@H](c2ccc(N(C)C)cc2)N(C)C)cc1OC. The second-order valence-electron chi connectivity index (χ2n) is 6.75.